The van der Waals surface area contributed by atoms with E-state index in [0.717, 1.165) is 32.6 Å². The van der Waals surface area contributed by atoms with Crippen LogP contribution in [0.25, 0.3) is 0 Å². The van der Waals surface area contributed by atoms with Gasteiger partial charge in [0.15, 0.2) is 0 Å². The van der Waals surface area contributed by atoms with Gasteiger partial charge in [0.2, 0.25) is 0 Å². The second-order valence-corrected chi connectivity index (χ2v) is 5.42. The minimum atomic E-state index is 0.466. The molecule has 0 aliphatic rings. The van der Waals surface area contributed by atoms with Crippen LogP contribution in [0, 0.1) is 0 Å². The van der Waals surface area contributed by atoms with Crippen molar-refractivity contribution >= 4 is 0 Å². The van der Waals surface area contributed by atoms with Crippen molar-refractivity contribution in [2.24, 2.45) is 0 Å². The first kappa shape index (κ1) is 16.2. The predicted molar refractivity (Wildman–Crippen MR) is 83.5 cm³/mol. The van der Waals surface area contributed by atoms with E-state index in [4.69, 9.17) is 0 Å². The summed E-state index contributed by atoms with van der Waals surface area (Å²) in [6, 6.07) is 11.2. The maximum atomic E-state index is 3.58. The molecule has 1 atom stereocenters. The topological polar surface area (TPSA) is 18.5 Å². The van der Waals surface area contributed by atoms with Crippen molar-refractivity contribution in [3.05, 3.63) is 35.9 Å². The zero-order valence-electron chi connectivity index (χ0n) is 12.9. The maximum absolute atomic E-state index is 3.58. The van der Waals surface area contributed by atoms with Crippen molar-refractivity contribution < 1.29 is 0 Å². The van der Waals surface area contributed by atoms with Crippen molar-refractivity contribution in [1.29, 1.82) is 0 Å². The molecular weight excluding hydrogens is 234 g/mol. The molecule has 0 amide bonds. The quantitative estimate of drug-likeness (QED) is 0.737. The molecule has 0 aliphatic heterocycles. The summed E-state index contributed by atoms with van der Waals surface area (Å²) in [7, 11) is 6.45. The molecular formula is C16H29N3. The summed E-state index contributed by atoms with van der Waals surface area (Å²) >= 11 is 0. The lowest BCUT2D eigenvalue weighted by Gasteiger charge is -2.23. The lowest BCUT2D eigenvalue weighted by atomic mass is 10.0. The van der Waals surface area contributed by atoms with Crippen molar-refractivity contribution in [3.8, 4) is 0 Å². The Hall–Kier alpha value is -0.900. The molecule has 19 heavy (non-hydrogen) atoms. The standard InChI is InChI=1S/C16H29N3/c1-5-17-16(15-9-7-6-8-10-15)11-12-19(4)14-13-18(2)3/h6-10,16-17H,5,11-14H2,1-4H3. The smallest absolute Gasteiger partial charge is 0.0332 e. The summed E-state index contributed by atoms with van der Waals surface area (Å²) in [6.45, 7) is 6.56. The van der Waals surface area contributed by atoms with Gasteiger partial charge in [-0.2, -0.15) is 0 Å². The van der Waals surface area contributed by atoms with Gasteiger partial charge >= 0.3 is 0 Å². The lowest BCUT2D eigenvalue weighted by molar-refractivity contribution is 0.268. The molecule has 0 heterocycles. The van der Waals surface area contributed by atoms with Crippen LogP contribution < -0.4 is 5.32 Å². The molecule has 1 unspecified atom stereocenters. The largest absolute Gasteiger partial charge is 0.310 e. The summed E-state index contributed by atoms with van der Waals surface area (Å²) in [4.78, 5) is 4.64. The lowest BCUT2D eigenvalue weighted by Crippen LogP contribution is -2.32. The Bertz CT molecular complexity index is 324. The zero-order chi connectivity index (χ0) is 14.1. The third kappa shape index (κ3) is 6.71. The summed E-state index contributed by atoms with van der Waals surface area (Å²) < 4.78 is 0. The van der Waals surface area contributed by atoms with Crippen LogP contribution in [-0.4, -0.2) is 57.1 Å². The predicted octanol–water partition coefficient (Wildman–Crippen LogP) is 2.22. The van der Waals surface area contributed by atoms with Gasteiger partial charge in [-0.15, -0.1) is 0 Å². The normalized spacial score (nSPS) is 13.2. The van der Waals surface area contributed by atoms with E-state index >= 15 is 0 Å². The maximum Gasteiger partial charge on any atom is 0.0332 e. The molecule has 108 valence electrons. The van der Waals surface area contributed by atoms with Crippen LogP contribution in [0.15, 0.2) is 30.3 Å². The van der Waals surface area contributed by atoms with Gasteiger partial charge in [-0.05, 0) is 46.2 Å². The third-order valence-electron chi connectivity index (χ3n) is 3.38. The Labute approximate surface area is 118 Å². The van der Waals surface area contributed by atoms with E-state index in [9.17, 15) is 0 Å². The van der Waals surface area contributed by atoms with Gasteiger partial charge in [-0.1, -0.05) is 37.3 Å². The van der Waals surface area contributed by atoms with Crippen LogP contribution in [0.1, 0.15) is 24.9 Å². The fourth-order valence-electron chi connectivity index (χ4n) is 2.15. The van der Waals surface area contributed by atoms with Gasteiger partial charge < -0.3 is 15.1 Å². The fourth-order valence-corrected chi connectivity index (χ4v) is 2.15. The molecule has 0 fully saturated rings. The molecule has 1 aromatic rings. The number of hydrogen-bond acceptors (Lipinski definition) is 3. The van der Waals surface area contributed by atoms with E-state index < -0.39 is 0 Å². The number of benzene rings is 1. The van der Waals surface area contributed by atoms with E-state index in [0.29, 0.717) is 6.04 Å². The molecule has 3 nitrogen and oxygen atoms in total. The first-order valence-corrected chi connectivity index (χ1v) is 7.25. The second-order valence-electron chi connectivity index (χ2n) is 5.42. The van der Waals surface area contributed by atoms with Crippen LogP contribution >= 0.6 is 0 Å². The van der Waals surface area contributed by atoms with Crippen LogP contribution in [0.4, 0.5) is 0 Å². The highest BCUT2D eigenvalue weighted by molar-refractivity contribution is 5.18. The minimum absolute atomic E-state index is 0.466. The Balaban J connectivity index is 2.42. The van der Waals surface area contributed by atoms with Crippen molar-refractivity contribution in [2.45, 2.75) is 19.4 Å². The average molecular weight is 263 g/mol. The van der Waals surface area contributed by atoms with E-state index in [1.807, 2.05) is 0 Å². The SMILES string of the molecule is CCNC(CCN(C)CCN(C)C)c1ccccc1. The van der Waals surface area contributed by atoms with Crippen LogP contribution in [0.5, 0.6) is 0 Å². The molecule has 1 N–H and O–H groups in total. The van der Waals surface area contributed by atoms with Crippen LogP contribution in [0.2, 0.25) is 0 Å². The van der Waals surface area contributed by atoms with E-state index in [-0.39, 0.29) is 0 Å². The summed E-state index contributed by atoms with van der Waals surface area (Å²) in [5, 5.41) is 3.58. The number of nitrogens with zero attached hydrogens (tertiary/aromatic N) is 2. The second kappa shape index (κ2) is 9.08. The first-order chi connectivity index (χ1) is 9.13. The first-order valence-electron chi connectivity index (χ1n) is 7.25. The molecule has 0 aliphatic carbocycles. The average Bonchev–Trinajstić information content (AvgIpc) is 2.42. The molecule has 0 saturated carbocycles. The van der Waals surface area contributed by atoms with Crippen molar-refractivity contribution in [2.75, 3.05) is 47.3 Å². The molecule has 0 radical (unpaired) electrons. The number of rotatable bonds is 9. The highest BCUT2D eigenvalue weighted by Crippen LogP contribution is 2.16. The van der Waals surface area contributed by atoms with E-state index in [1.54, 1.807) is 0 Å². The summed E-state index contributed by atoms with van der Waals surface area (Å²) in [6.07, 6.45) is 1.15. The summed E-state index contributed by atoms with van der Waals surface area (Å²) in [5.74, 6) is 0. The monoisotopic (exact) mass is 263 g/mol. The molecule has 1 aromatic carbocycles. The van der Waals surface area contributed by atoms with Gasteiger partial charge in [-0.25, -0.2) is 0 Å². The van der Waals surface area contributed by atoms with Gasteiger partial charge in [0.05, 0.1) is 0 Å². The van der Waals surface area contributed by atoms with Gasteiger partial charge in [0.25, 0.3) is 0 Å². The Morgan fingerprint density at radius 3 is 2.26 bits per heavy atom. The van der Waals surface area contributed by atoms with Gasteiger partial charge in [-0.3, -0.25) is 0 Å². The minimum Gasteiger partial charge on any atom is -0.310 e. The number of hydrogen-bond donors (Lipinski definition) is 1. The van der Waals surface area contributed by atoms with Crippen LogP contribution in [0.3, 0.4) is 0 Å². The molecule has 0 saturated heterocycles. The number of likely N-dealkylation sites (N-methyl/N-ethyl adjacent to an activating group) is 2. The Morgan fingerprint density at radius 1 is 1.00 bits per heavy atom. The zero-order valence-corrected chi connectivity index (χ0v) is 12.9. The van der Waals surface area contributed by atoms with Crippen molar-refractivity contribution in [3.63, 3.8) is 0 Å². The fraction of sp³-hybridized carbons (Fsp3) is 0.625. The van der Waals surface area contributed by atoms with Crippen LogP contribution in [-0.2, 0) is 0 Å². The third-order valence-corrected chi connectivity index (χ3v) is 3.38. The highest BCUT2D eigenvalue weighted by Gasteiger charge is 2.10. The molecule has 0 spiro atoms. The van der Waals surface area contributed by atoms with E-state index in [2.05, 4.69) is 73.5 Å². The number of nitrogens with one attached hydrogen (secondary N) is 1. The Morgan fingerprint density at radius 2 is 1.68 bits per heavy atom. The van der Waals surface area contributed by atoms with Gasteiger partial charge in [0, 0.05) is 19.1 Å². The molecule has 0 bridgehead atoms. The molecule has 1 rings (SSSR count). The summed E-state index contributed by atoms with van der Waals surface area (Å²) in [5.41, 5.74) is 1.39. The molecule has 0 aromatic heterocycles. The highest BCUT2D eigenvalue weighted by atomic mass is 15.1. The van der Waals surface area contributed by atoms with Crippen molar-refractivity contribution in [1.82, 2.24) is 15.1 Å². The molecule has 3 heteroatoms. The van der Waals surface area contributed by atoms with E-state index in [1.165, 1.54) is 5.56 Å². The van der Waals surface area contributed by atoms with Gasteiger partial charge in [0.1, 0.15) is 0 Å². The Kier molecular flexibility index (Phi) is 7.72.